The molecule has 0 spiro atoms. The summed E-state index contributed by atoms with van der Waals surface area (Å²) < 4.78 is 37.4. The maximum absolute atomic E-state index is 12.5. The second-order valence-corrected chi connectivity index (χ2v) is 5.33. The highest BCUT2D eigenvalue weighted by molar-refractivity contribution is 5.87. The van der Waals surface area contributed by atoms with Gasteiger partial charge in [-0.25, -0.2) is 0 Å². The van der Waals surface area contributed by atoms with E-state index < -0.39 is 17.2 Å². The van der Waals surface area contributed by atoms with Gasteiger partial charge in [-0.15, -0.1) is 0 Å². The average Bonchev–Trinajstić information content (AvgIpc) is 2.27. The molecule has 0 unspecified atom stereocenters. The summed E-state index contributed by atoms with van der Waals surface area (Å²) in [5.41, 5.74) is -1.02. The third-order valence-corrected chi connectivity index (χ3v) is 2.92. The molecule has 2 nitrogen and oxygen atoms in total. The van der Waals surface area contributed by atoms with Crippen LogP contribution in [-0.4, -0.2) is 11.9 Å². The van der Waals surface area contributed by atoms with Crippen molar-refractivity contribution in [1.82, 2.24) is 5.32 Å². The number of nitrogens with one attached hydrogen (secondary N) is 1. The number of amides is 1. The molecule has 0 bridgehead atoms. The van der Waals surface area contributed by atoms with Gasteiger partial charge in [0.25, 0.3) is 0 Å². The van der Waals surface area contributed by atoms with Crippen LogP contribution >= 0.6 is 0 Å². The van der Waals surface area contributed by atoms with Crippen molar-refractivity contribution in [3.8, 4) is 0 Å². The van der Waals surface area contributed by atoms with Crippen LogP contribution in [0.3, 0.4) is 0 Å². The first-order valence-electron chi connectivity index (χ1n) is 6.04. The van der Waals surface area contributed by atoms with E-state index in [2.05, 4.69) is 5.32 Å². The Kier molecular flexibility index (Phi) is 4.28. The van der Waals surface area contributed by atoms with Gasteiger partial charge in [-0.3, -0.25) is 4.79 Å². The fourth-order valence-electron chi connectivity index (χ4n) is 1.65. The largest absolute Gasteiger partial charge is 0.416 e. The number of alkyl halides is 3. The second kappa shape index (κ2) is 5.23. The molecule has 19 heavy (non-hydrogen) atoms. The molecule has 0 atom stereocenters. The molecule has 0 heterocycles. The van der Waals surface area contributed by atoms with Gasteiger partial charge in [0.1, 0.15) is 0 Å². The molecule has 1 aromatic rings. The summed E-state index contributed by atoms with van der Waals surface area (Å²) in [6, 6.07) is 4.69. The van der Waals surface area contributed by atoms with E-state index in [1.165, 1.54) is 12.1 Å². The zero-order valence-electron chi connectivity index (χ0n) is 11.4. The first-order valence-corrected chi connectivity index (χ1v) is 6.04. The van der Waals surface area contributed by atoms with E-state index in [0.717, 1.165) is 12.1 Å². The van der Waals surface area contributed by atoms with Crippen molar-refractivity contribution in [2.24, 2.45) is 0 Å². The normalized spacial score (nSPS) is 12.6. The van der Waals surface area contributed by atoms with E-state index in [0.29, 0.717) is 5.56 Å². The number of halogens is 3. The van der Waals surface area contributed by atoms with Crippen LogP contribution in [0.15, 0.2) is 24.3 Å². The van der Waals surface area contributed by atoms with E-state index in [1.54, 1.807) is 13.8 Å². The summed E-state index contributed by atoms with van der Waals surface area (Å²) in [7, 11) is 0. The van der Waals surface area contributed by atoms with Gasteiger partial charge in [-0.05, 0) is 45.4 Å². The van der Waals surface area contributed by atoms with Crippen LogP contribution in [-0.2, 0) is 16.4 Å². The first-order chi connectivity index (χ1) is 8.55. The van der Waals surface area contributed by atoms with Crippen molar-refractivity contribution in [2.75, 3.05) is 0 Å². The Bertz CT molecular complexity index is 447. The molecule has 0 aromatic heterocycles. The summed E-state index contributed by atoms with van der Waals surface area (Å²) in [5.74, 6) is -0.206. The Labute approximate surface area is 111 Å². The van der Waals surface area contributed by atoms with Crippen LogP contribution in [0, 0.1) is 0 Å². The van der Waals surface area contributed by atoms with Gasteiger partial charge in [0.2, 0.25) is 5.91 Å². The fourth-order valence-corrected chi connectivity index (χ4v) is 1.65. The second-order valence-electron chi connectivity index (χ2n) is 5.33. The van der Waals surface area contributed by atoms with Crippen molar-refractivity contribution in [1.29, 1.82) is 0 Å². The van der Waals surface area contributed by atoms with Crippen molar-refractivity contribution in [2.45, 2.75) is 45.3 Å². The number of carbonyl (C=O) groups excluding carboxylic acids is 1. The molecule has 5 heteroatoms. The summed E-state index contributed by atoms with van der Waals surface area (Å²) >= 11 is 0. The predicted octanol–water partition coefficient (Wildman–Crippen LogP) is 3.51. The Morgan fingerprint density at radius 3 is 1.84 bits per heavy atom. The molecule has 1 amide bonds. The Morgan fingerprint density at radius 1 is 1.05 bits per heavy atom. The molecular formula is C14H18F3NO. The predicted molar refractivity (Wildman–Crippen MR) is 67.7 cm³/mol. The van der Waals surface area contributed by atoms with E-state index in [1.807, 2.05) is 13.8 Å². The number of rotatable bonds is 3. The molecule has 0 saturated heterocycles. The lowest BCUT2D eigenvalue weighted by atomic mass is 9.83. The van der Waals surface area contributed by atoms with Crippen molar-refractivity contribution in [3.05, 3.63) is 35.4 Å². The number of hydrogen-bond acceptors (Lipinski definition) is 1. The van der Waals surface area contributed by atoms with Gasteiger partial charge in [-0.1, -0.05) is 12.1 Å². The van der Waals surface area contributed by atoms with Crippen molar-refractivity contribution < 1.29 is 18.0 Å². The lowest BCUT2D eigenvalue weighted by Gasteiger charge is -2.25. The van der Waals surface area contributed by atoms with Gasteiger partial charge >= 0.3 is 6.18 Å². The average molecular weight is 273 g/mol. The van der Waals surface area contributed by atoms with Crippen molar-refractivity contribution in [3.63, 3.8) is 0 Å². The zero-order valence-corrected chi connectivity index (χ0v) is 11.4. The lowest BCUT2D eigenvalue weighted by Crippen LogP contribution is -2.43. The molecule has 0 aliphatic rings. The standard InChI is InChI=1S/C14H18F3NO/c1-9(2)18-12(19)13(3,4)10-5-7-11(8-6-10)14(15,16)17/h5-9H,1-4H3,(H,18,19). The van der Waals surface area contributed by atoms with Crippen LogP contribution in [0.4, 0.5) is 13.2 Å². The minimum atomic E-state index is -4.36. The van der Waals surface area contributed by atoms with E-state index in [9.17, 15) is 18.0 Å². The monoisotopic (exact) mass is 273 g/mol. The minimum Gasteiger partial charge on any atom is -0.353 e. The topological polar surface area (TPSA) is 29.1 Å². The SMILES string of the molecule is CC(C)NC(=O)C(C)(C)c1ccc(C(F)(F)F)cc1. The Balaban J connectivity index is 2.99. The van der Waals surface area contributed by atoms with Gasteiger partial charge < -0.3 is 5.32 Å². The van der Waals surface area contributed by atoms with Crippen LogP contribution in [0.2, 0.25) is 0 Å². The maximum Gasteiger partial charge on any atom is 0.416 e. The molecular weight excluding hydrogens is 255 g/mol. The van der Waals surface area contributed by atoms with Crippen LogP contribution in [0.5, 0.6) is 0 Å². The number of benzene rings is 1. The summed E-state index contributed by atoms with van der Waals surface area (Å²) in [6.45, 7) is 7.04. The number of carbonyl (C=O) groups is 1. The van der Waals surface area contributed by atoms with Crippen LogP contribution < -0.4 is 5.32 Å². The van der Waals surface area contributed by atoms with E-state index in [4.69, 9.17) is 0 Å². The highest BCUT2D eigenvalue weighted by Gasteiger charge is 2.33. The highest BCUT2D eigenvalue weighted by atomic mass is 19.4. The molecule has 1 rings (SSSR count). The van der Waals surface area contributed by atoms with Crippen LogP contribution in [0.25, 0.3) is 0 Å². The molecule has 0 saturated carbocycles. The molecule has 0 fully saturated rings. The Hall–Kier alpha value is -1.52. The molecule has 0 aliphatic heterocycles. The van der Waals surface area contributed by atoms with Crippen molar-refractivity contribution >= 4 is 5.91 Å². The zero-order chi connectivity index (χ0) is 14.8. The third kappa shape index (κ3) is 3.72. The maximum atomic E-state index is 12.5. The molecule has 106 valence electrons. The first kappa shape index (κ1) is 15.5. The van der Waals surface area contributed by atoms with Crippen LogP contribution in [0.1, 0.15) is 38.8 Å². The quantitative estimate of drug-likeness (QED) is 0.897. The summed E-state index contributed by atoms with van der Waals surface area (Å²) in [5, 5.41) is 2.77. The Morgan fingerprint density at radius 2 is 1.47 bits per heavy atom. The molecule has 1 aromatic carbocycles. The van der Waals surface area contributed by atoms with E-state index >= 15 is 0 Å². The molecule has 1 N–H and O–H groups in total. The summed E-state index contributed by atoms with van der Waals surface area (Å²) in [6.07, 6.45) is -4.36. The summed E-state index contributed by atoms with van der Waals surface area (Å²) in [4.78, 5) is 12.0. The van der Waals surface area contributed by atoms with Gasteiger partial charge in [0, 0.05) is 6.04 Å². The lowest BCUT2D eigenvalue weighted by molar-refractivity contribution is -0.137. The molecule has 0 radical (unpaired) electrons. The van der Waals surface area contributed by atoms with Gasteiger partial charge in [0.15, 0.2) is 0 Å². The molecule has 0 aliphatic carbocycles. The van der Waals surface area contributed by atoms with Gasteiger partial charge in [-0.2, -0.15) is 13.2 Å². The smallest absolute Gasteiger partial charge is 0.353 e. The third-order valence-electron chi connectivity index (χ3n) is 2.92. The van der Waals surface area contributed by atoms with Gasteiger partial charge in [0.05, 0.1) is 11.0 Å². The highest BCUT2D eigenvalue weighted by Crippen LogP contribution is 2.31. The van der Waals surface area contributed by atoms with E-state index in [-0.39, 0.29) is 11.9 Å². The number of hydrogen-bond donors (Lipinski definition) is 1. The minimum absolute atomic E-state index is 0.0128. The fraction of sp³-hybridized carbons (Fsp3) is 0.500.